The Kier molecular flexibility index (Phi) is 6.42. The molecule has 0 unspecified atom stereocenters. The molecule has 0 spiro atoms. The molecule has 2 aromatic rings. The van der Waals surface area contributed by atoms with Crippen molar-refractivity contribution in [2.24, 2.45) is 0 Å². The predicted octanol–water partition coefficient (Wildman–Crippen LogP) is 3.35. The molecule has 0 bridgehead atoms. The lowest BCUT2D eigenvalue weighted by Crippen LogP contribution is -2.32. The molecular weight excluding hydrogens is 350 g/mol. The molecule has 0 aliphatic heterocycles. The van der Waals surface area contributed by atoms with Crippen molar-refractivity contribution >= 4 is 15.7 Å². The molecule has 1 N–H and O–H groups in total. The molecule has 0 aliphatic rings. The van der Waals surface area contributed by atoms with Gasteiger partial charge in [0.25, 0.3) is 5.91 Å². The number of nitrogens with one attached hydrogen (secondary N) is 1. The van der Waals surface area contributed by atoms with Crippen molar-refractivity contribution in [2.75, 3.05) is 12.9 Å². The minimum Gasteiger partial charge on any atom is -0.484 e. The molecule has 1 atom stereocenters. The van der Waals surface area contributed by atoms with Gasteiger partial charge in [-0.15, -0.1) is 0 Å². The lowest BCUT2D eigenvalue weighted by Gasteiger charge is -2.18. The van der Waals surface area contributed by atoms with Crippen molar-refractivity contribution in [1.82, 2.24) is 5.32 Å². The highest BCUT2D eigenvalue weighted by Crippen LogP contribution is 2.20. The Bertz CT molecular complexity index is 873. The van der Waals surface area contributed by atoms with E-state index in [4.69, 9.17) is 4.74 Å². The molecule has 0 aromatic heterocycles. The van der Waals surface area contributed by atoms with E-state index >= 15 is 0 Å². The van der Waals surface area contributed by atoms with Gasteiger partial charge in [-0.1, -0.05) is 25.1 Å². The van der Waals surface area contributed by atoms with E-state index in [1.807, 2.05) is 39.0 Å². The van der Waals surface area contributed by atoms with Crippen LogP contribution >= 0.6 is 0 Å². The number of rotatable bonds is 7. The largest absolute Gasteiger partial charge is 0.484 e. The maximum absolute atomic E-state index is 12.2. The van der Waals surface area contributed by atoms with E-state index in [-0.39, 0.29) is 23.5 Å². The Morgan fingerprint density at radius 3 is 2.27 bits per heavy atom. The van der Waals surface area contributed by atoms with Crippen LogP contribution in [-0.2, 0) is 14.6 Å². The highest BCUT2D eigenvalue weighted by atomic mass is 32.2. The van der Waals surface area contributed by atoms with Gasteiger partial charge in [-0.05, 0) is 61.2 Å². The van der Waals surface area contributed by atoms with Crippen molar-refractivity contribution in [3.63, 3.8) is 0 Å². The zero-order chi connectivity index (χ0) is 19.3. The maximum Gasteiger partial charge on any atom is 0.258 e. The van der Waals surface area contributed by atoms with E-state index in [1.165, 1.54) is 11.8 Å². The van der Waals surface area contributed by atoms with Crippen LogP contribution in [-0.4, -0.2) is 27.2 Å². The van der Waals surface area contributed by atoms with Crippen LogP contribution in [0.5, 0.6) is 5.75 Å². The third-order valence-electron chi connectivity index (χ3n) is 4.30. The average Bonchev–Trinajstić information content (AvgIpc) is 2.60. The summed E-state index contributed by atoms with van der Waals surface area (Å²) in [5.74, 6) is 0.441. The molecule has 2 rings (SSSR count). The van der Waals surface area contributed by atoms with Crippen LogP contribution in [0, 0.1) is 13.8 Å². The van der Waals surface area contributed by atoms with Gasteiger partial charge in [-0.25, -0.2) is 8.42 Å². The molecule has 0 radical (unpaired) electrons. The Balaban J connectivity index is 1.98. The third-order valence-corrected chi connectivity index (χ3v) is 5.43. The van der Waals surface area contributed by atoms with Crippen molar-refractivity contribution in [2.45, 2.75) is 38.1 Å². The molecule has 0 fully saturated rings. The Morgan fingerprint density at radius 1 is 1.08 bits per heavy atom. The minimum atomic E-state index is -3.23. The zero-order valence-corrected chi connectivity index (χ0v) is 16.4. The molecule has 2 aromatic carbocycles. The highest BCUT2D eigenvalue weighted by Gasteiger charge is 2.15. The average molecular weight is 375 g/mol. The first kappa shape index (κ1) is 20.0. The molecule has 26 heavy (non-hydrogen) atoms. The Hall–Kier alpha value is -2.34. The van der Waals surface area contributed by atoms with E-state index < -0.39 is 9.84 Å². The summed E-state index contributed by atoms with van der Waals surface area (Å²) in [4.78, 5) is 12.5. The van der Waals surface area contributed by atoms with Crippen molar-refractivity contribution in [1.29, 1.82) is 0 Å². The van der Waals surface area contributed by atoms with E-state index in [2.05, 4.69) is 5.32 Å². The summed E-state index contributed by atoms with van der Waals surface area (Å²) in [7, 11) is -3.23. The predicted molar refractivity (Wildman–Crippen MR) is 102 cm³/mol. The number of hydrogen-bond donors (Lipinski definition) is 1. The fraction of sp³-hybridized carbons (Fsp3) is 0.350. The summed E-state index contributed by atoms with van der Waals surface area (Å²) in [6.07, 6.45) is 1.86. The van der Waals surface area contributed by atoms with Crippen LogP contribution in [0.4, 0.5) is 0 Å². The first-order valence-electron chi connectivity index (χ1n) is 8.50. The van der Waals surface area contributed by atoms with E-state index in [9.17, 15) is 13.2 Å². The maximum atomic E-state index is 12.2. The standard InChI is InChI=1S/C20H25NO4S/c1-5-19(16-7-10-18(11-8-16)26(4,23)24)21-20(22)13-25-17-9-6-14(2)15(3)12-17/h6-12,19H,5,13H2,1-4H3,(H,21,22)/t19-/m0/s1. The normalized spacial score (nSPS) is 12.5. The lowest BCUT2D eigenvalue weighted by molar-refractivity contribution is -0.123. The molecule has 0 heterocycles. The summed E-state index contributed by atoms with van der Waals surface area (Å²) in [6, 6.07) is 12.1. The number of ether oxygens (including phenoxy) is 1. The number of aryl methyl sites for hydroxylation is 2. The molecule has 0 saturated carbocycles. The van der Waals surface area contributed by atoms with Crippen LogP contribution in [0.3, 0.4) is 0 Å². The molecule has 5 nitrogen and oxygen atoms in total. The SMILES string of the molecule is CC[C@H](NC(=O)COc1ccc(C)c(C)c1)c1ccc(S(C)(=O)=O)cc1. The zero-order valence-electron chi connectivity index (χ0n) is 15.6. The molecule has 140 valence electrons. The first-order valence-corrected chi connectivity index (χ1v) is 10.4. The smallest absolute Gasteiger partial charge is 0.258 e. The van der Waals surface area contributed by atoms with Crippen LogP contribution in [0.1, 0.15) is 36.1 Å². The molecular formula is C20H25NO4S. The van der Waals surface area contributed by atoms with Gasteiger partial charge in [0.2, 0.25) is 0 Å². The second-order valence-electron chi connectivity index (χ2n) is 6.40. The summed E-state index contributed by atoms with van der Waals surface area (Å²) in [6.45, 7) is 5.91. The van der Waals surface area contributed by atoms with Crippen molar-refractivity contribution in [3.05, 3.63) is 59.2 Å². The fourth-order valence-electron chi connectivity index (χ4n) is 2.56. The molecule has 0 saturated heterocycles. The summed E-state index contributed by atoms with van der Waals surface area (Å²) in [5.41, 5.74) is 3.14. The number of benzene rings is 2. The number of sulfone groups is 1. The highest BCUT2D eigenvalue weighted by molar-refractivity contribution is 7.90. The van der Waals surface area contributed by atoms with Crippen molar-refractivity contribution in [3.8, 4) is 5.75 Å². The monoisotopic (exact) mass is 375 g/mol. The Labute approximate surface area is 155 Å². The quantitative estimate of drug-likeness (QED) is 0.805. The van der Waals surface area contributed by atoms with Gasteiger partial charge < -0.3 is 10.1 Å². The van der Waals surface area contributed by atoms with E-state index in [1.54, 1.807) is 24.3 Å². The number of carbonyl (C=O) groups is 1. The summed E-state index contributed by atoms with van der Waals surface area (Å²) < 4.78 is 28.6. The third kappa shape index (κ3) is 5.33. The lowest BCUT2D eigenvalue weighted by atomic mass is 10.0. The van der Waals surface area contributed by atoms with Gasteiger partial charge in [-0.2, -0.15) is 0 Å². The van der Waals surface area contributed by atoms with Gasteiger partial charge in [-0.3, -0.25) is 4.79 Å². The van der Waals surface area contributed by atoms with Crippen LogP contribution in [0.15, 0.2) is 47.4 Å². The molecule has 0 aliphatic carbocycles. The van der Waals surface area contributed by atoms with E-state index in [0.29, 0.717) is 12.2 Å². The number of carbonyl (C=O) groups excluding carboxylic acids is 1. The van der Waals surface area contributed by atoms with Crippen LogP contribution in [0.2, 0.25) is 0 Å². The Morgan fingerprint density at radius 2 is 1.73 bits per heavy atom. The molecule has 1 amide bonds. The first-order chi connectivity index (χ1) is 12.2. The second-order valence-corrected chi connectivity index (χ2v) is 8.42. The van der Waals surface area contributed by atoms with Gasteiger partial charge in [0.1, 0.15) is 5.75 Å². The molecule has 6 heteroatoms. The second kappa shape index (κ2) is 8.36. The van der Waals surface area contributed by atoms with Crippen LogP contribution < -0.4 is 10.1 Å². The summed E-state index contributed by atoms with van der Waals surface area (Å²) >= 11 is 0. The van der Waals surface area contributed by atoms with Crippen LogP contribution in [0.25, 0.3) is 0 Å². The number of amides is 1. The number of hydrogen-bond acceptors (Lipinski definition) is 4. The van der Waals surface area contributed by atoms with Gasteiger partial charge in [0.05, 0.1) is 10.9 Å². The fourth-order valence-corrected chi connectivity index (χ4v) is 3.19. The summed E-state index contributed by atoms with van der Waals surface area (Å²) in [5, 5.41) is 2.92. The minimum absolute atomic E-state index is 0.0690. The van der Waals surface area contributed by atoms with Crippen molar-refractivity contribution < 1.29 is 17.9 Å². The van der Waals surface area contributed by atoms with Gasteiger partial charge in [0, 0.05) is 6.26 Å². The topological polar surface area (TPSA) is 72.5 Å². The van der Waals surface area contributed by atoms with Gasteiger partial charge >= 0.3 is 0 Å². The van der Waals surface area contributed by atoms with E-state index in [0.717, 1.165) is 11.1 Å². The van der Waals surface area contributed by atoms with Gasteiger partial charge in [0.15, 0.2) is 16.4 Å².